The monoisotopic (exact) mass is 327 g/mol. The Bertz CT molecular complexity index is 735. The van der Waals surface area contributed by atoms with Crippen LogP contribution in [0.2, 0.25) is 0 Å². The molecule has 7 heteroatoms. The van der Waals surface area contributed by atoms with Crippen LogP contribution in [0.4, 0.5) is 0 Å². The molecule has 2 amide bonds. The summed E-state index contributed by atoms with van der Waals surface area (Å²) in [6.07, 6.45) is 3.14. The molecule has 0 spiro atoms. The van der Waals surface area contributed by atoms with E-state index in [0.29, 0.717) is 31.7 Å². The fourth-order valence-electron chi connectivity index (χ4n) is 2.69. The van der Waals surface area contributed by atoms with Gasteiger partial charge in [-0.15, -0.1) is 0 Å². The number of carbonyl (C=O) groups excluding carboxylic acids is 2. The summed E-state index contributed by atoms with van der Waals surface area (Å²) < 4.78 is 0. The van der Waals surface area contributed by atoms with Crippen LogP contribution in [0.15, 0.2) is 42.7 Å². The number of piperazine rings is 1. The van der Waals surface area contributed by atoms with Gasteiger partial charge in [0.15, 0.2) is 0 Å². The third-order valence-corrected chi connectivity index (χ3v) is 3.93. The number of pyridine rings is 1. The average Bonchev–Trinajstić information content (AvgIpc) is 2.60. The van der Waals surface area contributed by atoms with Gasteiger partial charge in [0.05, 0.1) is 0 Å². The maximum atomic E-state index is 12.4. The van der Waals surface area contributed by atoms with Crippen molar-refractivity contribution in [3.8, 4) is 11.5 Å². The molecule has 1 fully saturated rings. The van der Waals surface area contributed by atoms with E-state index < -0.39 is 0 Å². The van der Waals surface area contributed by atoms with Crippen LogP contribution in [0, 0.1) is 0 Å². The van der Waals surface area contributed by atoms with Gasteiger partial charge >= 0.3 is 0 Å². The van der Waals surface area contributed by atoms with E-state index >= 15 is 0 Å². The number of hydrogen-bond donors (Lipinski definition) is 2. The summed E-state index contributed by atoms with van der Waals surface area (Å²) in [5.41, 5.74) is 0.795. The third-order valence-electron chi connectivity index (χ3n) is 3.93. The number of benzene rings is 1. The van der Waals surface area contributed by atoms with Gasteiger partial charge in [-0.05, 0) is 24.3 Å². The van der Waals surface area contributed by atoms with Crippen molar-refractivity contribution in [1.29, 1.82) is 0 Å². The van der Waals surface area contributed by atoms with Gasteiger partial charge in [-0.25, -0.2) is 0 Å². The van der Waals surface area contributed by atoms with E-state index in [2.05, 4.69) is 4.98 Å². The molecule has 1 saturated heterocycles. The standard InChI is InChI=1S/C17H17N3O4/c21-14-9-13(10-15(22)11-14)17(24)20-7-5-19(6-8-20)16(23)12-1-3-18-4-2-12/h1-4,9-11,21-22H,5-8H2. The number of amides is 2. The lowest BCUT2D eigenvalue weighted by molar-refractivity contribution is 0.0535. The highest BCUT2D eigenvalue weighted by Crippen LogP contribution is 2.22. The third kappa shape index (κ3) is 3.29. The zero-order chi connectivity index (χ0) is 17.1. The molecule has 3 rings (SSSR count). The zero-order valence-electron chi connectivity index (χ0n) is 12.9. The SMILES string of the molecule is O=C(c1ccncc1)N1CCN(C(=O)c2cc(O)cc(O)c2)CC1. The van der Waals surface area contributed by atoms with Crippen molar-refractivity contribution in [1.82, 2.24) is 14.8 Å². The number of nitrogens with zero attached hydrogens (tertiary/aromatic N) is 3. The van der Waals surface area contributed by atoms with Crippen molar-refractivity contribution >= 4 is 11.8 Å². The lowest BCUT2D eigenvalue weighted by atomic mass is 10.1. The van der Waals surface area contributed by atoms with E-state index in [1.54, 1.807) is 34.3 Å². The van der Waals surface area contributed by atoms with E-state index in [1.165, 1.54) is 18.2 Å². The minimum atomic E-state index is -0.280. The van der Waals surface area contributed by atoms with Gasteiger partial charge in [0, 0.05) is 55.8 Å². The van der Waals surface area contributed by atoms with Gasteiger partial charge in [0.25, 0.3) is 11.8 Å². The van der Waals surface area contributed by atoms with Gasteiger partial charge in [-0.3, -0.25) is 14.6 Å². The number of hydrogen-bond acceptors (Lipinski definition) is 5. The normalized spacial score (nSPS) is 14.5. The van der Waals surface area contributed by atoms with Crippen LogP contribution in [-0.4, -0.2) is 63.0 Å². The molecule has 1 aliphatic heterocycles. The fraction of sp³-hybridized carbons (Fsp3) is 0.235. The van der Waals surface area contributed by atoms with E-state index in [0.717, 1.165) is 0 Å². The first kappa shape index (κ1) is 15.8. The minimum absolute atomic E-state index is 0.0838. The maximum Gasteiger partial charge on any atom is 0.254 e. The molecule has 0 saturated carbocycles. The molecule has 24 heavy (non-hydrogen) atoms. The van der Waals surface area contributed by atoms with Gasteiger partial charge in [0.1, 0.15) is 11.5 Å². The van der Waals surface area contributed by atoms with Crippen molar-refractivity contribution in [2.24, 2.45) is 0 Å². The zero-order valence-corrected chi connectivity index (χ0v) is 12.9. The highest BCUT2D eigenvalue weighted by atomic mass is 16.3. The summed E-state index contributed by atoms with van der Waals surface area (Å²) in [7, 11) is 0. The average molecular weight is 327 g/mol. The molecule has 0 radical (unpaired) electrons. The van der Waals surface area contributed by atoms with Crippen molar-refractivity contribution < 1.29 is 19.8 Å². The predicted octanol–water partition coefficient (Wildman–Crippen LogP) is 1.09. The van der Waals surface area contributed by atoms with Crippen LogP contribution in [0.25, 0.3) is 0 Å². The van der Waals surface area contributed by atoms with E-state index in [4.69, 9.17) is 0 Å². The van der Waals surface area contributed by atoms with Gasteiger partial charge in [-0.1, -0.05) is 0 Å². The van der Waals surface area contributed by atoms with E-state index in [-0.39, 0.29) is 28.9 Å². The summed E-state index contributed by atoms with van der Waals surface area (Å²) in [6, 6.07) is 7.12. The first-order chi connectivity index (χ1) is 11.5. The van der Waals surface area contributed by atoms with E-state index in [9.17, 15) is 19.8 Å². The Morgan fingerprint density at radius 2 is 1.25 bits per heavy atom. The van der Waals surface area contributed by atoms with Crippen molar-refractivity contribution in [2.75, 3.05) is 26.2 Å². The van der Waals surface area contributed by atoms with Crippen LogP contribution in [-0.2, 0) is 0 Å². The first-order valence-electron chi connectivity index (χ1n) is 7.56. The van der Waals surface area contributed by atoms with Crippen LogP contribution in [0.5, 0.6) is 11.5 Å². The Balaban J connectivity index is 1.64. The largest absolute Gasteiger partial charge is 0.508 e. The highest BCUT2D eigenvalue weighted by Gasteiger charge is 2.25. The molecule has 124 valence electrons. The number of phenolic OH excluding ortho intramolecular Hbond substituents is 2. The Morgan fingerprint density at radius 1 is 0.792 bits per heavy atom. The quantitative estimate of drug-likeness (QED) is 0.861. The Hall–Kier alpha value is -3.09. The molecule has 0 aliphatic carbocycles. The molecule has 1 aromatic carbocycles. The van der Waals surface area contributed by atoms with Gasteiger partial charge in [0.2, 0.25) is 0 Å². The van der Waals surface area contributed by atoms with Gasteiger partial charge in [-0.2, -0.15) is 0 Å². The Morgan fingerprint density at radius 3 is 1.75 bits per heavy atom. The molecule has 0 atom stereocenters. The van der Waals surface area contributed by atoms with Crippen molar-refractivity contribution in [3.05, 3.63) is 53.9 Å². The summed E-state index contributed by atoms with van der Waals surface area (Å²) >= 11 is 0. The summed E-state index contributed by atoms with van der Waals surface area (Å²) in [5, 5.41) is 19.0. The summed E-state index contributed by atoms with van der Waals surface area (Å²) in [6.45, 7) is 1.65. The lowest BCUT2D eigenvalue weighted by Gasteiger charge is -2.34. The lowest BCUT2D eigenvalue weighted by Crippen LogP contribution is -2.50. The molecule has 2 N–H and O–H groups in total. The molecule has 1 aromatic heterocycles. The maximum absolute atomic E-state index is 12.4. The predicted molar refractivity (Wildman–Crippen MR) is 85.8 cm³/mol. The van der Waals surface area contributed by atoms with Gasteiger partial charge < -0.3 is 20.0 Å². The molecule has 2 heterocycles. The summed E-state index contributed by atoms with van der Waals surface area (Å²) in [4.78, 5) is 32.0. The number of aromatic hydroxyl groups is 2. The number of phenols is 2. The second-order valence-electron chi connectivity index (χ2n) is 5.56. The summed E-state index contributed by atoms with van der Waals surface area (Å²) in [5.74, 6) is -0.689. The topological polar surface area (TPSA) is 94.0 Å². The van der Waals surface area contributed by atoms with E-state index in [1.807, 2.05) is 0 Å². The fourth-order valence-corrected chi connectivity index (χ4v) is 2.69. The molecule has 1 aliphatic rings. The molecular weight excluding hydrogens is 310 g/mol. The highest BCUT2D eigenvalue weighted by molar-refractivity contribution is 5.96. The Kier molecular flexibility index (Phi) is 4.33. The number of carbonyl (C=O) groups is 2. The molecule has 0 unspecified atom stereocenters. The molecule has 2 aromatic rings. The van der Waals surface area contributed by atoms with Crippen molar-refractivity contribution in [2.45, 2.75) is 0 Å². The van der Waals surface area contributed by atoms with Crippen LogP contribution in [0.3, 0.4) is 0 Å². The second-order valence-corrected chi connectivity index (χ2v) is 5.56. The Labute approximate surface area is 138 Å². The van der Waals surface area contributed by atoms with Crippen LogP contribution >= 0.6 is 0 Å². The molecular formula is C17H17N3O4. The number of aromatic nitrogens is 1. The minimum Gasteiger partial charge on any atom is -0.508 e. The van der Waals surface area contributed by atoms with Crippen molar-refractivity contribution in [3.63, 3.8) is 0 Å². The molecule has 0 bridgehead atoms. The van der Waals surface area contributed by atoms with Crippen LogP contribution in [0.1, 0.15) is 20.7 Å². The number of rotatable bonds is 2. The smallest absolute Gasteiger partial charge is 0.254 e. The first-order valence-corrected chi connectivity index (χ1v) is 7.56. The second kappa shape index (κ2) is 6.57. The van der Waals surface area contributed by atoms with Crippen LogP contribution < -0.4 is 0 Å². The molecule has 7 nitrogen and oxygen atoms in total.